The van der Waals surface area contributed by atoms with Crippen molar-refractivity contribution in [2.24, 2.45) is 7.05 Å². The number of benzene rings is 2. The second kappa shape index (κ2) is 10.9. The summed E-state index contributed by atoms with van der Waals surface area (Å²) in [5.41, 5.74) is 5.69. The van der Waals surface area contributed by atoms with Crippen LogP contribution in [0.1, 0.15) is 17.7 Å². The molecule has 0 spiro atoms. The third-order valence-electron chi connectivity index (χ3n) is 7.49. The molecule has 40 heavy (non-hydrogen) atoms. The van der Waals surface area contributed by atoms with E-state index in [9.17, 15) is 14.9 Å². The van der Waals surface area contributed by atoms with Gasteiger partial charge < -0.3 is 24.6 Å². The number of hydrogen-bond donors (Lipinski definition) is 1. The molecule has 4 aromatic rings. The normalized spacial score (nSPS) is 13.2. The lowest BCUT2D eigenvalue weighted by Gasteiger charge is -2.31. The number of para-hydroxylation sites is 1. The summed E-state index contributed by atoms with van der Waals surface area (Å²) in [5.74, 6) is 0.483. The maximum atomic E-state index is 12.1. The third-order valence-corrected chi connectivity index (χ3v) is 7.49. The van der Waals surface area contributed by atoms with Crippen LogP contribution < -0.4 is 10.2 Å². The number of nitrogens with zero attached hydrogens (tertiary/aromatic N) is 7. The zero-order chi connectivity index (χ0) is 28.6. The van der Waals surface area contributed by atoms with Crippen LogP contribution in [-0.4, -0.2) is 75.9 Å². The number of anilines is 3. The first-order chi connectivity index (χ1) is 19.1. The van der Waals surface area contributed by atoms with Gasteiger partial charge in [0.2, 0.25) is 11.9 Å². The van der Waals surface area contributed by atoms with Gasteiger partial charge in [0.1, 0.15) is 5.69 Å². The van der Waals surface area contributed by atoms with Crippen molar-refractivity contribution in [3.05, 3.63) is 70.0 Å². The number of likely N-dealkylation sites (tertiary alicyclic amines) is 1. The Bertz CT molecular complexity index is 1600. The summed E-state index contributed by atoms with van der Waals surface area (Å²) >= 11 is 0. The van der Waals surface area contributed by atoms with Crippen LogP contribution in [0.15, 0.2) is 48.7 Å². The molecule has 5 rings (SSSR count). The van der Waals surface area contributed by atoms with Gasteiger partial charge in [0.05, 0.1) is 22.8 Å². The van der Waals surface area contributed by atoms with E-state index in [-0.39, 0.29) is 16.5 Å². The van der Waals surface area contributed by atoms with Crippen LogP contribution in [0.3, 0.4) is 0 Å². The van der Waals surface area contributed by atoms with Crippen LogP contribution >= 0.6 is 0 Å². The minimum atomic E-state index is -0.358. The van der Waals surface area contributed by atoms with E-state index in [1.54, 1.807) is 12.3 Å². The zero-order valence-corrected chi connectivity index (χ0v) is 23.5. The molecular weight excluding hydrogens is 508 g/mol. The van der Waals surface area contributed by atoms with E-state index in [1.807, 2.05) is 74.1 Å². The summed E-state index contributed by atoms with van der Waals surface area (Å²) in [6.45, 7) is 4.58. The number of nitro benzene ring substituents is 1. The highest BCUT2D eigenvalue weighted by Gasteiger charge is 2.28. The van der Waals surface area contributed by atoms with Crippen LogP contribution in [0, 0.1) is 17.0 Å². The van der Waals surface area contributed by atoms with Crippen LogP contribution in [0.4, 0.5) is 23.0 Å². The average Bonchev–Trinajstić information content (AvgIpc) is 3.21. The molecule has 1 aliphatic rings. The van der Waals surface area contributed by atoms with E-state index in [0.717, 1.165) is 40.8 Å². The summed E-state index contributed by atoms with van der Waals surface area (Å²) in [7, 11) is 7.81. The minimum Gasteiger partial charge on any atom is -0.368 e. The van der Waals surface area contributed by atoms with E-state index in [4.69, 9.17) is 4.98 Å². The van der Waals surface area contributed by atoms with Gasteiger partial charge in [0.15, 0.2) is 0 Å². The summed E-state index contributed by atoms with van der Waals surface area (Å²) in [4.78, 5) is 38.8. The molecule has 0 saturated carbocycles. The second-order valence-corrected chi connectivity index (χ2v) is 10.5. The summed E-state index contributed by atoms with van der Waals surface area (Å²) in [6.07, 6.45) is 2.26. The lowest BCUT2D eigenvalue weighted by atomic mass is 10.1. The summed E-state index contributed by atoms with van der Waals surface area (Å²) in [5, 5.41) is 16.3. The molecule has 2 aromatic carbocycles. The molecule has 1 aliphatic heterocycles. The number of β-lactam (4-membered cyclic amide) rings is 1. The molecule has 0 unspecified atom stereocenters. The first-order valence-electron chi connectivity index (χ1n) is 13.2. The number of carbonyl (C=O) groups is 1. The number of hydrogen-bond acceptors (Lipinski definition) is 8. The summed E-state index contributed by atoms with van der Waals surface area (Å²) < 4.78 is 2.12. The van der Waals surface area contributed by atoms with E-state index in [0.29, 0.717) is 42.5 Å². The lowest BCUT2D eigenvalue weighted by molar-refractivity contribution is -0.384. The molecule has 1 saturated heterocycles. The molecule has 11 heteroatoms. The number of amides is 1. The molecule has 0 bridgehead atoms. The zero-order valence-electron chi connectivity index (χ0n) is 23.5. The van der Waals surface area contributed by atoms with Crippen LogP contribution in [-0.2, 0) is 18.4 Å². The molecule has 1 amide bonds. The fourth-order valence-electron chi connectivity index (χ4n) is 5.04. The largest absolute Gasteiger partial charge is 0.368 e. The lowest BCUT2D eigenvalue weighted by Crippen LogP contribution is -2.42. The Balaban J connectivity index is 1.51. The van der Waals surface area contributed by atoms with Crippen molar-refractivity contribution in [2.45, 2.75) is 19.9 Å². The Hall–Kier alpha value is -4.51. The van der Waals surface area contributed by atoms with Gasteiger partial charge in [-0.25, -0.2) is 9.97 Å². The first kappa shape index (κ1) is 27.1. The fraction of sp³-hybridized carbons (Fsp3) is 0.345. The molecule has 0 atom stereocenters. The summed E-state index contributed by atoms with van der Waals surface area (Å²) in [6, 6.07) is 13.3. The standard InChI is InChI=1S/C29H34N8O3/c1-19-16-24(34(4)15-14-33(2)3)25(37(39)40)17-22(19)32-29-30-12-10-21(31-29)28-20-8-6-7-9-23(20)35(5)26(28)18-36-13-11-27(36)38/h6-10,12,16-17H,11,13-15,18H2,1-5H3,(H,30,31,32). The molecule has 2 aromatic heterocycles. The Morgan fingerprint density at radius 2 is 1.90 bits per heavy atom. The predicted octanol–water partition coefficient (Wildman–Crippen LogP) is 4.33. The molecular formula is C29H34N8O3. The number of fused-ring (bicyclic) bond motifs is 1. The molecule has 0 radical (unpaired) electrons. The Morgan fingerprint density at radius 3 is 2.58 bits per heavy atom. The van der Waals surface area contributed by atoms with Crippen LogP contribution in [0.2, 0.25) is 0 Å². The van der Waals surface area contributed by atoms with Crippen molar-refractivity contribution in [2.75, 3.05) is 51.0 Å². The van der Waals surface area contributed by atoms with Gasteiger partial charge in [-0.3, -0.25) is 14.9 Å². The van der Waals surface area contributed by atoms with Crippen molar-refractivity contribution in [3.63, 3.8) is 0 Å². The molecule has 11 nitrogen and oxygen atoms in total. The third kappa shape index (κ3) is 5.20. The topological polar surface area (TPSA) is 113 Å². The monoisotopic (exact) mass is 542 g/mol. The number of aryl methyl sites for hydroxylation is 2. The van der Waals surface area contributed by atoms with Crippen molar-refractivity contribution in [1.29, 1.82) is 0 Å². The van der Waals surface area contributed by atoms with Crippen LogP contribution in [0.5, 0.6) is 0 Å². The Labute approximate surface area is 233 Å². The predicted molar refractivity (Wildman–Crippen MR) is 157 cm³/mol. The smallest absolute Gasteiger partial charge is 0.294 e. The highest BCUT2D eigenvalue weighted by atomic mass is 16.6. The highest BCUT2D eigenvalue weighted by molar-refractivity contribution is 5.97. The van der Waals surface area contributed by atoms with Crippen LogP contribution in [0.25, 0.3) is 22.2 Å². The van der Waals surface area contributed by atoms with Crippen molar-refractivity contribution in [3.8, 4) is 11.3 Å². The molecule has 208 valence electrons. The number of likely N-dealkylation sites (N-methyl/N-ethyl adjacent to an activating group) is 2. The van der Waals surface area contributed by atoms with Gasteiger partial charge in [0.25, 0.3) is 5.69 Å². The fourth-order valence-corrected chi connectivity index (χ4v) is 5.04. The highest BCUT2D eigenvalue weighted by Crippen LogP contribution is 2.37. The average molecular weight is 543 g/mol. The van der Waals surface area contributed by atoms with Crippen molar-refractivity contribution < 1.29 is 9.72 Å². The van der Waals surface area contributed by atoms with Gasteiger partial charge in [-0.1, -0.05) is 18.2 Å². The van der Waals surface area contributed by atoms with Gasteiger partial charge >= 0.3 is 0 Å². The maximum Gasteiger partial charge on any atom is 0.294 e. The first-order valence-corrected chi connectivity index (χ1v) is 13.2. The van der Waals surface area contributed by atoms with E-state index < -0.39 is 0 Å². The number of rotatable bonds is 10. The van der Waals surface area contributed by atoms with Crippen molar-refractivity contribution in [1.82, 2.24) is 24.3 Å². The van der Waals surface area contributed by atoms with E-state index in [1.165, 1.54) is 0 Å². The Kier molecular flexibility index (Phi) is 7.40. The molecule has 0 aliphatic carbocycles. The number of nitro groups is 1. The number of nitrogens with one attached hydrogen (secondary N) is 1. The van der Waals surface area contributed by atoms with Gasteiger partial charge in [-0.15, -0.1) is 0 Å². The number of aromatic nitrogens is 3. The van der Waals surface area contributed by atoms with E-state index in [2.05, 4.69) is 27.0 Å². The molecule has 3 heterocycles. The second-order valence-electron chi connectivity index (χ2n) is 10.5. The quantitative estimate of drug-likeness (QED) is 0.179. The minimum absolute atomic E-state index is 0.0149. The van der Waals surface area contributed by atoms with Gasteiger partial charge in [-0.05, 0) is 44.8 Å². The van der Waals surface area contributed by atoms with E-state index >= 15 is 0 Å². The molecule has 1 fully saturated rings. The van der Waals surface area contributed by atoms with Crippen molar-refractivity contribution >= 4 is 39.8 Å². The maximum absolute atomic E-state index is 12.1. The molecule has 1 N–H and O–H groups in total. The van der Waals surface area contributed by atoms with Gasteiger partial charge in [-0.2, -0.15) is 0 Å². The van der Waals surface area contributed by atoms with Gasteiger partial charge in [0, 0.05) is 74.6 Å². The SMILES string of the molecule is Cc1cc(N(C)CCN(C)C)c([N+](=O)[O-])cc1Nc1nccc(-c2c(CN3CCC3=O)n(C)c3ccccc23)n1. The number of carbonyl (C=O) groups excluding carboxylic acids is 1. The Morgan fingerprint density at radius 1 is 1.12 bits per heavy atom.